The minimum absolute atomic E-state index is 0.135. The van der Waals surface area contributed by atoms with Crippen LogP contribution in [0.2, 0.25) is 0 Å². The third kappa shape index (κ3) is 12.4. The maximum absolute atomic E-state index is 12.1. The van der Waals surface area contributed by atoms with Crippen LogP contribution in [0.3, 0.4) is 0 Å². The van der Waals surface area contributed by atoms with Crippen molar-refractivity contribution in [1.29, 1.82) is 0 Å². The number of rotatable bonds is 6. The molecular weight excluding hydrogens is 420 g/mol. The van der Waals surface area contributed by atoms with E-state index in [2.05, 4.69) is 40.2 Å². The third-order valence-corrected chi connectivity index (χ3v) is 5.20. The van der Waals surface area contributed by atoms with Gasteiger partial charge in [0.1, 0.15) is 6.04 Å². The van der Waals surface area contributed by atoms with Crippen LogP contribution >= 0.6 is 0 Å². The highest BCUT2D eigenvalue weighted by atomic mass is 16.3. The highest BCUT2D eigenvalue weighted by Gasteiger charge is 2.30. The second kappa shape index (κ2) is 19.1. The summed E-state index contributed by atoms with van der Waals surface area (Å²) in [6.45, 7) is 7.07. The summed E-state index contributed by atoms with van der Waals surface area (Å²) in [7, 11) is 3.21. The van der Waals surface area contributed by atoms with Crippen LogP contribution in [-0.4, -0.2) is 74.1 Å². The first-order valence-corrected chi connectivity index (χ1v) is 12.0. The molecule has 1 fully saturated rings. The Morgan fingerprint density at radius 3 is 1.91 bits per heavy atom. The quantitative estimate of drug-likeness (QED) is 0.479. The van der Waals surface area contributed by atoms with Crippen LogP contribution in [0.5, 0.6) is 0 Å². The molecule has 0 spiro atoms. The van der Waals surface area contributed by atoms with Gasteiger partial charge in [0.05, 0.1) is 12.6 Å². The zero-order valence-corrected chi connectivity index (χ0v) is 21.0. The van der Waals surface area contributed by atoms with Crippen LogP contribution < -0.4 is 16.0 Å². The summed E-state index contributed by atoms with van der Waals surface area (Å²) >= 11 is 0. The number of fused-ring (bicyclic) bond motifs is 1. The van der Waals surface area contributed by atoms with Crippen LogP contribution in [0.15, 0.2) is 24.3 Å². The molecule has 3 amide bonds. The normalized spacial score (nSPS) is 15.5. The Morgan fingerprint density at radius 2 is 1.52 bits per heavy atom. The Morgan fingerprint density at radius 1 is 1.03 bits per heavy atom. The van der Waals surface area contributed by atoms with Gasteiger partial charge in [-0.25, -0.2) is 0 Å². The number of aryl methyl sites for hydroxylation is 2. The summed E-state index contributed by atoms with van der Waals surface area (Å²) in [6, 6.07) is 7.96. The molecule has 1 aliphatic carbocycles. The molecule has 3 rings (SSSR count). The Kier molecular flexibility index (Phi) is 17.6. The molecular formula is C25H44N4O4. The number of carbonyl (C=O) groups is 3. The molecule has 0 aromatic heterocycles. The van der Waals surface area contributed by atoms with Crippen LogP contribution in [0, 0.1) is 0 Å². The Labute approximate surface area is 199 Å². The fraction of sp³-hybridized carbons (Fsp3) is 0.640. The first-order valence-electron chi connectivity index (χ1n) is 12.0. The smallest absolute Gasteiger partial charge is 0.247 e. The van der Waals surface area contributed by atoms with Crippen molar-refractivity contribution in [2.24, 2.45) is 0 Å². The first kappa shape index (κ1) is 30.6. The van der Waals surface area contributed by atoms with Crippen molar-refractivity contribution < 1.29 is 19.5 Å². The lowest BCUT2D eigenvalue weighted by Gasteiger charge is -2.25. The van der Waals surface area contributed by atoms with E-state index in [0.29, 0.717) is 19.5 Å². The number of likely N-dealkylation sites (tertiary alicyclic amines) is 1. The molecule has 0 bridgehead atoms. The molecule has 1 aliphatic heterocycles. The van der Waals surface area contributed by atoms with E-state index < -0.39 is 12.1 Å². The number of aliphatic hydroxyl groups is 1. The van der Waals surface area contributed by atoms with Gasteiger partial charge in [0, 0.05) is 20.1 Å². The van der Waals surface area contributed by atoms with E-state index in [1.807, 2.05) is 13.8 Å². The Balaban J connectivity index is 0.000000536. The number of amides is 3. The highest BCUT2D eigenvalue weighted by Crippen LogP contribution is 2.19. The van der Waals surface area contributed by atoms with Gasteiger partial charge in [-0.15, -0.1) is 0 Å². The average Bonchev–Trinajstić information content (AvgIpc) is 3.39. The molecule has 1 aromatic rings. The maximum atomic E-state index is 12.1. The Bertz CT molecular complexity index is 651. The van der Waals surface area contributed by atoms with Gasteiger partial charge in [0.15, 0.2) is 0 Å². The molecule has 8 heteroatoms. The molecule has 0 radical (unpaired) electrons. The van der Waals surface area contributed by atoms with Crippen molar-refractivity contribution in [1.82, 2.24) is 20.9 Å². The molecule has 4 N–H and O–H groups in total. The largest absolute Gasteiger partial charge is 0.391 e. The minimum atomic E-state index is -0.885. The number of nitrogens with one attached hydrogen (secondary N) is 3. The monoisotopic (exact) mass is 464 g/mol. The van der Waals surface area contributed by atoms with E-state index in [9.17, 15) is 14.7 Å². The van der Waals surface area contributed by atoms with Crippen LogP contribution in [0.1, 0.15) is 57.6 Å². The lowest BCUT2D eigenvalue weighted by molar-refractivity contribution is -0.138. The minimum Gasteiger partial charge on any atom is -0.391 e. The topological polar surface area (TPSA) is 111 Å². The van der Waals surface area contributed by atoms with E-state index in [1.165, 1.54) is 32.6 Å². The molecule has 188 valence electrons. The first-order chi connectivity index (χ1) is 15.9. The second-order valence-corrected chi connectivity index (χ2v) is 7.73. The molecule has 2 unspecified atom stereocenters. The third-order valence-electron chi connectivity index (χ3n) is 5.20. The van der Waals surface area contributed by atoms with Crippen molar-refractivity contribution in [2.45, 2.75) is 71.4 Å². The van der Waals surface area contributed by atoms with Gasteiger partial charge in [-0.1, -0.05) is 38.1 Å². The molecule has 1 saturated heterocycles. The van der Waals surface area contributed by atoms with E-state index in [-0.39, 0.29) is 18.4 Å². The van der Waals surface area contributed by atoms with E-state index in [0.717, 1.165) is 12.8 Å². The summed E-state index contributed by atoms with van der Waals surface area (Å²) in [5.41, 5.74) is 3.16. The molecule has 0 saturated carbocycles. The molecule has 1 aromatic carbocycles. The maximum Gasteiger partial charge on any atom is 0.247 e. The fourth-order valence-electron chi connectivity index (χ4n) is 3.58. The van der Waals surface area contributed by atoms with Gasteiger partial charge in [-0.3, -0.25) is 14.4 Å². The van der Waals surface area contributed by atoms with Crippen molar-refractivity contribution in [3.8, 4) is 0 Å². The predicted octanol–water partition coefficient (Wildman–Crippen LogP) is 1.65. The van der Waals surface area contributed by atoms with E-state index in [4.69, 9.17) is 4.79 Å². The second-order valence-electron chi connectivity index (χ2n) is 7.73. The Hall–Kier alpha value is -2.45. The van der Waals surface area contributed by atoms with Gasteiger partial charge < -0.3 is 26.0 Å². The van der Waals surface area contributed by atoms with Crippen molar-refractivity contribution in [3.05, 3.63) is 35.4 Å². The summed E-state index contributed by atoms with van der Waals surface area (Å²) in [5, 5.41) is 17.1. The van der Waals surface area contributed by atoms with Crippen molar-refractivity contribution in [3.63, 3.8) is 0 Å². The average molecular weight is 465 g/mol. The van der Waals surface area contributed by atoms with Crippen molar-refractivity contribution in [2.75, 3.05) is 33.7 Å². The summed E-state index contributed by atoms with van der Waals surface area (Å²) in [4.78, 5) is 34.2. The van der Waals surface area contributed by atoms with Crippen LogP contribution in [0.4, 0.5) is 0 Å². The zero-order valence-electron chi connectivity index (χ0n) is 21.0. The highest BCUT2D eigenvalue weighted by molar-refractivity contribution is 5.89. The van der Waals surface area contributed by atoms with Gasteiger partial charge in [-0.05, 0) is 63.6 Å². The van der Waals surface area contributed by atoms with Crippen LogP contribution in [0.25, 0.3) is 0 Å². The van der Waals surface area contributed by atoms with Crippen LogP contribution in [-0.2, 0) is 27.2 Å². The van der Waals surface area contributed by atoms with E-state index >= 15 is 0 Å². The number of carbonyl (C=O) groups excluding carboxylic acids is 3. The number of hydrogen-bond acceptors (Lipinski definition) is 5. The van der Waals surface area contributed by atoms with Gasteiger partial charge in [0.2, 0.25) is 18.2 Å². The SMILES string of the molecule is CC.CNC=O.CNCC(=O)NC(C(=O)N1CCCC1)C(C)O.c1ccc2c(c1)CCCC2. The zero-order chi connectivity index (χ0) is 25.1. The number of aliphatic hydroxyl groups excluding tert-OH is 1. The number of hydrogen-bond donors (Lipinski definition) is 4. The van der Waals surface area contributed by atoms with Gasteiger partial charge in [0.25, 0.3) is 0 Å². The van der Waals surface area contributed by atoms with Crippen molar-refractivity contribution >= 4 is 18.2 Å². The number of nitrogens with zero attached hydrogens (tertiary/aromatic N) is 1. The molecule has 8 nitrogen and oxygen atoms in total. The lowest BCUT2D eigenvalue weighted by Crippen LogP contribution is -2.54. The number of likely N-dealkylation sites (N-methyl/N-ethyl adjacent to an activating group) is 1. The predicted molar refractivity (Wildman–Crippen MR) is 133 cm³/mol. The van der Waals surface area contributed by atoms with E-state index in [1.54, 1.807) is 30.1 Å². The number of benzene rings is 1. The van der Waals surface area contributed by atoms with Gasteiger partial charge >= 0.3 is 0 Å². The molecule has 2 atom stereocenters. The summed E-state index contributed by atoms with van der Waals surface area (Å²) < 4.78 is 0. The van der Waals surface area contributed by atoms with Gasteiger partial charge in [-0.2, -0.15) is 0 Å². The lowest BCUT2D eigenvalue weighted by atomic mass is 9.92. The standard InChI is InChI=1S/C11H21N3O3.C10H12.C2H5NO.C2H6/c1-8(15)10(13-9(16)7-12-2)11(17)14-5-3-4-6-14;1-2-6-10-8-4-3-7-9(10)5-1;1-3-2-4;1-2/h8,10,12,15H,3-7H2,1-2H3,(H,13,16);1-2,5-6H,3-4,7-8H2;2H,1H3,(H,3,4);1-2H3. The summed E-state index contributed by atoms with van der Waals surface area (Å²) in [5.74, 6) is -0.479. The molecule has 33 heavy (non-hydrogen) atoms. The summed E-state index contributed by atoms with van der Waals surface area (Å²) in [6.07, 6.45) is 7.09. The fourth-order valence-corrected chi connectivity index (χ4v) is 3.58. The molecule has 2 aliphatic rings. The molecule has 1 heterocycles.